The molecule has 2 N–H and O–H groups in total. The summed E-state index contributed by atoms with van der Waals surface area (Å²) in [4.78, 5) is 5.34. The van der Waals surface area contributed by atoms with E-state index in [0.717, 1.165) is 50.0 Å². The second kappa shape index (κ2) is 10.3. The van der Waals surface area contributed by atoms with Crippen molar-refractivity contribution in [3.8, 4) is 0 Å². The number of nitrogens with two attached hydrogens (primary N) is 1. The number of fused-ring (bicyclic) bond motifs is 1. The van der Waals surface area contributed by atoms with Gasteiger partial charge in [0.1, 0.15) is 5.69 Å². The van der Waals surface area contributed by atoms with Gasteiger partial charge >= 0.3 is 0 Å². The highest BCUT2D eigenvalue weighted by molar-refractivity contribution is 6.02. The maximum atomic E-state index is 6.63. The first kappa shape index (κ1) is 24.0. The number of benzene rings is 2. The van der Waals surface area contributed by atoms with Crippen molar-refractivity contribution in [1.29, 1.82) is 0 Å². The number of hydrogen-bond donors (Lipinski definition) is 1. The molecule has 32 heavy (non-hydrogen) atoms. The van der Waals surface area contributed by atoms with Gasteiger partial charge in [-0.3, -0.25) is 0 Å². The molecular weight excluding hydrogens is 390 g/mol. The summed E-state index contributed by atoms with van der Waals surface area (Å²) in [6.07, 6.45) is 8.16. The third-order valence-corrected chi connectivity index (χ3v) is 7.30. The highest BCUT2D eigenvalue weighted by Crippen LogP contribution is 2.37. The third kappa shape index (κ3) is 4.30. The van der Waals surface area contributed by atoms with Crippen molar-refractivity contribution in [3.63, 3.8) is 0 Å². The summed E-state index contributed by atoms with van der Waals surface area (Å²) in [5.74, 6) is 2.19. The lowest BCUT2D eigenvalue weighted by atomic mass is 9.78. The number of amidine groups is 2. The molecule has 0 saturated carbocycles. The molecule has 1 atom stereocenters. The Hall–Kier alpha value is -2.68. The quantitative estimate of drug-likeness (QED) is 0.354. The fourth-order valence-corrected chi connectivity index (χ4v) is 5.44. The first-order chi connectivity index (χ1) is 15.5. The van der Waals surface area contributed by atoms with Crippen LogP contribution in [-0.2, 0) is 6.42 Å². The predicted molar refractivity (Wildman–Crippen MR) is 138 cm³/mol. The minimum Gasteiger partial charge on any atom is -0.319 e. The second-order valence-electron chi connectivity index (χ2n) is 9.07. The molecule has 1 heterocycles. The summed E-state index contributed by atoms with van der Waals surface area (Å²) in [6, 6.07) is 15.2. The Morgan fingerprint density at radius 2 is 1.84 bits per heavy atom. The highest BCUT2D eigenvalue weighted by atomic mass is 15.2. The molecule has 0 bridgehead atoms. The van der Waals surface area contributed by atoms with Crippen molar-refractivity contribution in [3.05, 3.63) is 77.4 Å². The van der Waals surface area contributed by atoms with Gasteiger partial charge in [0.2, 0.25) is 5.84 Å². The zero-order valence-electron chi connectivity index (χ0n) is 20.6. The van der Waals surface area contributed by atoms with Gasteiger partial charge in [0.25, 0.3) is 5.84 Å². The molecule has 3 rings (SSSR count). The normalized spacial score (nSPS) is 21.0. The molecule has 0 saturated heterocycles. The lowest BCUT2D eigenvalue weighted by Crippen LogP contribution is -2.54. The molecule has 1 aliphatic rings. The Morgan fingerprint density at radius 3 is 2.47 bits per heavy atom. The van der Waals surface area contributed by atoms with Gasteiger partial charge in [-0.2, -0.15) is 0 Å². The summed E-state index contributed by atoms with van der Waals surface area (Å²) < 4.78 is 2.29. The van der Waals surface area contributed by atoms with Crippen LogP contribution in [0.1, 0.15) is 88.0 Å². The van der Waals surface area contributed by atoms with E-state index in [1.807, 2.05) is 0 Å². The molecule has 2 aromatic rings. The van der Waals surface area contributed by atoms with Crippen LogP contribution in [0, 0.1) is 6.92 Å². The molecule has 1 unspecified atom stereocenters. The Bertz CT molecular complexity index is 1030. The average Bonchev–Trinajstić information content (AvgIpc) is 2.81. The summed E-state index contributed by atoms with van der Waals surface area (Å²) >= 11 is 0. The maximum absolute atomic E-state index is 6.63. The molecule has 0 spiro atoms. The van der Waals surface area contributed by atoms with Crippen LogP contribution in [0.4, 0.5) is 5.69 Å². The van der Waals surface area contributed by atoms with Gasteiger partial charge in [0.05, 0.1) is 11.1 Å². The van der Waals surface area contributed by atoms with E-state index in [0.29, 0.717) is 11.8 Å². The maximum Gasteiger partial charge on any atom is 0.271 e. The monoisotopic (exact) mass is 430 g/mol. The number of hydrogen-bond acceptors (Lipinski definition) is 1. The summed E-state index contributed by atoms with van der Waals surface area (Å²) in [6.45, 7) is 15.3. The molecular formula is C29H40N3+. The van der Waals surface area contributed by atoms with Crippen molar-refractivity contribution >= 4 is 17.4 Å². The molecule has 0 radical (unpaired) electrons. The minimum absolute atomic E-state index is 0.0961. The molecule has 1 aliphatic heterocycles. The van der Waals surface area contributed by atoms with Gasteiger partial charge in [-0.05, 0) is 67.3 Å². The van der Waals surface area contributed by atoms with Crippen LogP contribution in [0.2, 0.25) is 0 Å². The van der Waals surface area contributed by atoms with E-state index < -0.39 is 0 Å². The van der Waals surface area contributed by atoms with Crippen molar-refractivity contribution in [1.82, 2.24) is 0 Å². The molecule has 0 amide bonds. The molecule has 0 aliphatic carbocycles. The van der Waals surface area contributed by atoms with E-state index in [4.69, 9.17) is 10.7 Å². The van der Waals surface area contributed by atoms with Gasteiger partial charge in [-0.25, -0.2) is 4.58 Å². The number of rotatable bonds is 8. The van der Waals surface area contributed by atoms with Gasteiger partial charge in [0, 0.05) is 12.5 Å². The Balaban J connectivity index is 2.33. The third-order valence-electron chi connectivity index (χ3n) is 7.30. The highest BCUT2D eigenvalue weighted by Gasteiger charge is 2.44. The van der Waals surface area contributed by atoms with Crippen molar-refractivity contribution < 1.29 is 4.58 Å². The van der Waals surface area contributed by atoms with Crippen LogP contribution >= 0.6 is 0 Å². The van der Waals surface area contributed by atoms with Crippen LogP contribution in [0.15, 0.2) is 60.1 Å². The second-order valence-corrected chi connectivity index (χ2v) is 9.07. The minimum atomic E-state index is -0.0961. The van der Waals surface area contributed by atoms with E-state index in [1.165, 1.54) is 22.3 Å². The number of aliphatic imine (C=N–C) groups is 1. The van der Waals surface area contributed by atoms with Crippen molar-refractivity contribution in [2.45, 2.75) is 84.6 Å². The van der Waals surface area contributed by atoms with E-state index in [-0.39, 0.29) is 5.54 Å². The van der Waals surface area contributed by atoms with E-state index >= 15 is 0 Å². The Kier molecular flexibility index (Phi) is 7.71. The number of nitrogens with zero attached hydrogens (tertiary/aromatic N) is 2. The molecule has 0 aromatic heterocycles. The largest absolute Gasteiger partial charge is 0.319 e. The van der Waals surface area contributed by atoms with E-state index in [2.05, 4.69) is 88.2 Å². The summed E-state index contributed by atoms with van der Waals surface area (Å²) in [5.41, 5.74) is 12.8. The lowest BCUT2D eigenvalue weighted by Gasteiger charge is -2.39. The first-order valence-electron chi connectivity index (χ1n) is 12.3. The lowest BCUT2D eigenvalue weighted by molar-refractivity contribution is -0.512. The predicted octanol–water partition coefficient (Wildman–Crippen LogP) is 7.04. The molecule has 3 heteroatoms. The van der Waals surface area contributed by atoms with Crippen LogP contribution in [0.3, 0.4) is 0 Å². The van der Waals surface area contributed by atoms with Gasteiger partial charge in [-0.1, -0.05) is 71.0 Å². The first-order valence-corrected chi connectivity index (χ1v) is 12.3. The van der Waals surface area contributed by atoms with E-state index in [9.17, 15) is 0 Å². The molecule has 2 aromatic carbocycles. The summed E-state index contributed by atoms with van der Waals surface area (Å²) in [7, 11) is 0. The van der Waals surface area contributed by atoms with E-state index in [1.54, 1.807) is 6.08 Å². The average molecular weight is 431 g/mol. The zero-order valence-corrected chi connectivity index (χ0v) is 20.6. The Morgan fingerprint density at radius 1 is 1.12 bits per heavy atom. The molecule has 0 fully saturated rings. The van der Waals surface area contributed by atoms with Gasteiger partial charge in [-0.15, -0.1) is 4.99 Å². The van der Waals surface area contributed by atoms with Crippen LogP contribution in [0.25, 0.3) is 0 Å². The fraction of sp³-hybridized carbons (Fsp3) is 0.448. The molecule has 3 nitrogen and oxygen atoms in total. The topological polar surface area (TPSA) is 41.4 Å². The van der Waals surface area contributed by atoms with Gasteiger partial charge < -0.3 is 5.73 Å². The Labute approximate surface area is 194 Å². The van der Waals surface area contributed by atoms with Crippen molar-refractivity contribution in [2.24, 2.45) is 10.7 Å². The SMILES string of the molecule is C=CC(N)=[N+]1C(=Nc2cccc(C(CC)CC)c2C)c2ccccc2CC1(CC)CCC. The molecule has 170 valence electrons. The van der Waals surface area contributed by atoms with Gasteiger partial charge in [0.15, 0.2) is 0 Å². The zero-order chi connectivity index (χ0) is 23.3. The van der Waals surface area contributed by atoms with Crippen LogP contribution in [0.5, 0.6) is 0 Å². The smallest absolute Gasteiger partial charge is 0.271 e. The fourth-order valence-electron chi connectivity index (χ4n) is 5.44. The summed E-state index contributed by atoms with van der Waals surface area (Å²) in [5, 5.41) is 0. The van der Waals surface area contributed by atoms with Crippen LogP contribution < -0.4 is 5.73 Å². The van der Waals surface area contributed by atoms with Crippen LogP contribution in [-0.4, -0.2) is 21.8 Å². The standard InChI is InChI=1S/C29H39N3/c1-7-19-29(11-5)20-23-15-12-13-16-25(23)28(32(29)27(30)10-4)31-26-18-14-17-24(21(26)6)22(8-2)9-3/h10,12-18,22,30H,4,7-9,11,19-20H2,1-3,5-6H3/p+1. The van der Waals surface area contributed by atoms with Crippen molar-refractivity contribution in [2.75, 3.05) is 0 Å².